The van der Waals surface area contributed by atoms with E-state index in [9.17, 15) is 18.8 Å². The zero-order chi connectivity index (χ0) is 17.2. The van der Waals surface area contributed by atoms with E-state index in [1.807, 2.05) is 0 Å². The lowest BCUT2D eigenvalue weighted by atomic mass is 10.0. The Hall–Kier alpha value is -2.44. The van der Waals surface area contributed by atoms with Crippen LogP contribution in [0.5, 0.6) is 0 Å². The fraction of sp³-hybridized carbons (Fsp3) is 0.438. The summed E-state index contributed by atoms with van der Waals surface area (Å²) in [6.07, 6.45) is -0.0303. The Morgan fingerprint density at radius 1 is 1.35 bits per heavy atom. The highest BCUT2D eigenvalue weighted by Gasteiger charge is 2.39. The molecule has 0 spiro atoms. The molecule has 0 saturated carbocycles. The smallest absolute Gasteiger partial charge is 0.330 e. The van der Waals surface area contributed by atoms with Gasteiger partial charge in [-0.3, -0.25) is 9.59 Å². The van der Waals surface area contributed by atoms with Crippen LogP contribution in [0.2, 0.25) is 0 Å². The van der Waals surface area contributed by atoms with Crippen LogP contribution in [-0.2, 0) is 19.1 Å². The van der Waals surface area contributed by atoms with Gasteiger partial charge in [0.25, 0.3) is 0 Å². The number of nitrogens with one attached hydrogen (secondary N) is 1. The van der Waals surface area contributed by atoms with Crippen molar-refractivity contribution >= 4 is 23.5 Å². The van der Waals surface area contributed by atoms with Crippen LogP contribution in [0, 0.1) is 11.7 Å². The number of nitrogens with zero attached hydrogens (tertiary/aromatic N) is 1. The topological polar surface area (TPSA) is 75.7 Å². The monoisotopic (exact) mass is 322 g/mol. The number of esters is 1. The van der Waals surface area contributed by atoms with Gasteiger partial charge in [0.1, 0.15) is 11.4 Å². The van der Waals surface area contributed by atoms with Crippen molar-refractivity contribution in [3.8, 4) is 0 Å². The molecular formula is C16H19FN2O4. The molecule has 124 valence electrons. The van der Waals surface area contributed by atoms with Crippen molar-refractivity contribution < 1.29 is 23.5 Å². The highest BCUT2D eigenvalue weighted by molar-refractivity contribution is 6.01. The van der Waals surface area contributed by atoms with E-state index in [0.717, 1.165) is 0 Å². The van der Waals surface area contributed by atoms with Crippen LogP contribution in [0.4, 0.5) is 10.1 Å². The predicted octanol–water partition coefficient (Wildman–Crippen LogP) is 1.25. The highest BCUT2D eigenvalue weighted by atomic mass is 19.1. The van der Waals surface area contributed by atoms with E-state index in [4.69, 9.17) is 0 Å². The molecule has 1 atom stereocenters. The summed E-state index contributed by atoms with van der Waals surface area (Å²) in [5.41, 5.74) is -1.04. The Balaban J connectivity index is 2.09. The average Bonchev–Trinajstić information content (AvgIpc) is 2.88. The maximum absolute atomic E-state index is 13.8. The quantitative estimate of drug-likeness (QED) is 0.847. The van der Waals surface area contributed by atoms with Crippen LogP contribution in [-0.4, -0.2) is 37.0 Å². The van der Waals surface area contributed by atoms with Gasteiger partial charge in [-0.2, -0.15) is 0 Å². The molecule has 6 nitrogen and oxygen atoms in total. The van der Waals surface area contributed by atoms with Crippen molar-refractivity contribution in [2.75, 3.05) is 18.6 Å². The SMILES string of the molecule is COC(=O)C(C)(C)NC(=O)[C@H]1CC(=O)N(c2ccccc2F)C1. The Labute approximate surface area is 133 Å². The first-order chi connectivity index (χ1) is 10.8. The number of hydrogen-bond acceptors (Lipinski definition) is 4. The third-order valence-electron chi connectivity index (χ3n) is 3.77. The maximum atomic E-state index is 13.8. The van der Waals surface area contributed by atoms with Crippen LogP contribution >= 0.6 is 0 Å². The average molecular weight is 322 g/mol. The number of ether oxygens (including phenoxy) is 1. The normalized spacial score (nSPS) is 18.0. The summed E-state index contributed by atoms with van der Waals surface area (Å²) in [5.74, 6) is -2.51. The molecule has 1 saturated heterocycles. The molecule has 2 rings (SSSR count). The van der Waals surface area contributed by atoms with Crippen molar-refractivity contribution in [3.63, 3.8) is 0 Å². The van der Waals surface area contributed by atoms with Crippen molar-refractivity contribution in [1.29, 1.82) is 0 Å². The molecule has 0 aliphatic carbocycles. The minimum atomic E-state index is -1.19. The Morgan fingerprint density at radius 2 is 2.00 bits per heavy atom. The van der Waals surface area contributed by atoms with Crippen molar-refractivity contribution in [3.05, 3.63) is 30.1 Å². The van der Waals surface area contributed by atoms with Crippen LogP contribution < -0.4 is 10.2 Å². The summed E-state index contributed by atoms with van der Waals surface area (Å²) in [6.45, 7) is 3.10. The van der Waals surface area contributed by atoms with Gasteiger partial charge >= 0.3 is 5.97 Å². The first kappa shape index (κ1) is 16.9. The number of carbonyl (C=O) groups is 3. The number of amides is 2. The molecule has 0 unspecified atom stereocenters. The highest BCUT2D eigenvalue weighted by Crippen LogP contribution is 2.27. The lowest BCUT2D eigenvalue weighted by Crippen LogP contribution is -2.52. The Morgan fingerprint density at radius 3 is 2.61 bits per heavy atom. The summed E-state index contributed by atoms with van der Waals surface area (Å²) in [4.78, 5) is 37.3. The van der Waals surface area contributed by atoms with Gasteiger partial charge in [-0.15, -0.1) is 0 Å². The zero-order valence-corrected chi connectivity index (χ0v) is 13.3. The molecule has 1 aromatic rings. The maximum Gasteiger partial charge on any atom is 0.330 e. The van der Waals surface area contributed by atoms with Crippen LogP contribution in [0.1, 0.15) is 20.3 Å². The molecule has 0 aromatic heterocycles. The zero-order valence-electron chi connectivity index (χ0n) is 13.3. The number of carbonyl (C=O) groups excluding carboxylic acids is 3. The van der Waals surface area contributed by atoms with Crippen molar-refractivity contribution in [1.82, 2.24) is 5.32 Å². The van der Waals surface area contributed by atoms with Gasteiger partial charge in [-0.1, -0.05) is 12.1 Å². The van der Waals surface area contributed by atoms with Gasteiger partial charge < -0.3 is 15.0 Å². The molecule has 1 fully saturated rings. The number of para-hydroxylation sites is 1. The third-order valence-corrected chi connectivity index (χ3v) is 3.77. The Kier molecular flexibility index (Phi) is 4.68. The molecule has 1 N–H and O–H groups in total. The number of benzene rings is 1. The molecule has 7 heteroatoms. The fourth-order valence-electron chi connectivity index (χ4n) is 2.50. The fourth-order valence-corrected chi connectivity index (χ4v) is 2.50. The molecule has 0 radical (unpaired) electrons. The lowest BCUT2D eigenvalue weighted by molar-refractivity contribution is -0.149. The number of methoxy groups -OCH3 is 1. The molecule has 2 amide bonds. The van der Waals surface area contributed by atoms with Crippen LogP contribution in [0.15, 0.2) is 24.3 Å². The lowest BCUT2D eigenvalue weighted by Gasteiger charge is -2.25. The second kappa shape index (κ2) is 6.36. The summed E-state index contributed by atoms with van der Waals surface area (Å²) in [5, 5.41) is 2.57. The van der Waals surface area contributed by atoms with Gasteiger partial charge in [0.05, 0.1) is 18.7 Å². The van der Waals surface area contributed by atoms with E-state index in [-0.39, 0.29) is 24.6 Å². The van der Waals surface area contributed by atoms with E-state index in [0.29, 0.717) is 0 Å². The summed E-state index contributed by atoms with van der Waals surface area (Å²) in [7, 11) is 1.23. The first-order valence-electron chi connectivity index (χ1n) is 7.21. The minimum Gasteiger partial charge on any atom is -0.467 e. The number of halogens is 1. The molecule has 0 bridgehead atoms. The number of anilines is 1. The summed E-state index contributed by atoms with van der Waals surface area (Å²) >= 11 is 0. The van der Waals surface area contributed by atoms with Crippen LogP contribution in [0.25, 0.3) is 0 Å². The first-order valence-corrected chi connectivity index (χ1v) is 7.21. The minimum absolute atomic E-state index is 0.0303. The summed E-state index contributed by atoms with van der Waals surface area (Å²) < 4.78 is 18.4. The largest absolute Gasteiger partial charge is 0.467 e. The van der Waals surface area contributed by atoms with E-state index in [1.165, 1.54) is 44.1 Å². The molecule has 23 heavy (non-hydrogen) atoms. The number of hydrogen-bond donors (Lipinski definition) is 1. The van der Waals surface area contributed by atoms with E-state index in [1.54, 1.807) is 6.07 Å². The van der Waals surface area contributed by atoms with E-state index >= 15 is 0 Å². The summed E-state index contributed by atoms with van der Waals surface area (Å²) in [6, 6.07) is 5.91. The van der Waals surface area contributed by atoms with Gasteiger partial charge in [-0.05, 0) is 26.0 Å². The van der Waals surface area contributed by atoms with Crippen molar-refractivity contribution in [2.24, 2.45) is 5.92 Å². The van der Waals surface area contributed by atoms with E-state index in [2.05, 4.69) is 10.1 Å². The molecule has 1 aliphatic heterocycles. The van der Waals surface area contributed by atoms with Crippen LogP contribution in [0.3, 0.4) is 0 Å². The Bertz CT molecular complexity index is 645. The molecule has 1 aliphatic rings. The third kappa shape index (κ3) is 3.49. The van der Waals surface area contributed by atoms with Gasteiger partial charge in [-0.25, -0.2) is 9.18 Å². The van der Waals surface area contributed by atoms with Gasteiger partial charge in [0.15, 0.2) is 0 Å². The van der Waals surface area contributed by atoms with Crippen molar-refractivity contribution in [2.45, 2.75) is 25.8 Å². The molecular weight excluding hydrogens is 303 g/mol. The van der Waals surface area contributed by atoms with Gasteiger partial charge in [0.2, 0.25) is 11.8 Å². The predicted molar refractivity (Wildman–Crippen MR) is 81.1 cm³/mol. The van der Waals surface area contributed by atoms with E-state index < -0.39 is 29.2 Å². The molecule has 1 heterocycles. The van der Waals surface area contributed by atoms with Gasteiger partial charge in [0, 0.05) is 13.0 Å². The standard InChI is InChI=1S/C16H19FN2O4/c1-16(2,15(22)23-3)18-14(21)10-8-13(20)19(9-10)12-7-5-4-6-11(12)17/h4-7,10H,8-9H2,1-3H3,(H,18,21)/t10-/m0/s1. The number of rotatable bonds is 4. The molecule has 1 aromatic carbocycles. The second-order valence-electron chi connectivity index (χ2n) is 5.96. The second-order valence-corrected chi connectivity index (χ2v) is 5.96.